The van der Waals surface area contributed by atoms with E-state index in [-0.39, 0.29) is 6.04 Å². The maximum atomic E-state index is 5.49. The number of para-hydroxylation sites is 1. The predicted octanol–water partition coefficient (Wildman–Crippen LogP) is 3.37. The van der Waals surface area contributed by atoms with Crippen LogP contribution in [0.5, 0.6) is 0 Å². The summed E-state index contributed by atoms with van der Waals surface area (Å²) in [6, 6.07) is 10.2. The molecule has 86 valence electrons. The van der Waals surface area contributed by atoms with E-state index in [9.17, 15) is 0 Å². The first kappa shape index (κ1) is 11.5. The van der Waals surface area contributed by atoms with Crippen LogP contribution < -0.4 is 5.32 Å². The number of hydrogen-bond acceptors (Lipinski definition) is 2. The van der Waals surface area contributed by atoms with Crippen molar-refractivity contribution in [3.63, 3.8) is 0 Å². The van der Waals surface area contributed by atoms with E-state index in [0.29, 0.717) is 0 Å². The van der Waals surface area contributed by atoms with E-state index in [2.05, 4.69) is 29.2 Å². The second kappa shape index (κ2) is 4.88. The van der Waals surface area contributed by atoms with E-state index in [1.54, 1.807) is 0 Å². The van der Waals surface area contributed by atoms with Gasteiger partial charge in [-0.25, -0.2) is 0 Å². The molecular formula is C15H16N2. The van der Waals surface area contributed by atoms with Crippen LogP contribution in [-0.2, 0) is 0 Å². The summed E-state index contributed by atoms with van der Waals surface area (Å²) in [6.07, 6.45) is 6.39. The molecule has 0 fully saturated rings. The monoisotopic (exact) mass is 224 g/mol. The lowest BCUT2D eigenvalue weighted by molar-refractivity contribution is 0.858. The fourth-order valence-electron chi connectivity index (χ4n) is 1.88. The Bertz CT molecular complexity index is 567. The van der Waals surface area contributed by atoms with E-state index in [1.165, 1.54) is 0 Å². The molecule has 1 aromatic carbocycles. The van der Waals surface area contributed by atoms with Crippen LogP contribution in [0.1, 0.15) is 19.0 Å². The zero-order chi connectivity index (χ0) is 12.3. The lowest BCUT2D eigenvalue weighted by atomic mass is 10.1. The second-order valence-corrected chi connectivity index (χ2v) is 4.10. The van der Waals surface area contributed by atoms with Crippen molar-refractivity contribution >= 4 is 16.6 Å². The minimum absolute atomic E-state index is 0.0696. The van der Waals surface area contributed by atoms with Gasteiger partial charge in [0.2, 0.25) is 0 Å². The van der Waals surface area contributed by atoms with Crippen molar-refractivity contribution < 1.29 is 0 Å². The highest BCUT2D eigenvalue weighted by Crippen LogP contribution is 2.23. The first-order valence-corrected chi connectivity index (χ1v) is 5.83. The Kier molecular flexibility index (Phi) is 3.30. The molecular weight excluding hydrogens is 208 g/mol. The Hall–Kier alpha value is -2.01. The van der Waals surface area contributed by atoms with Crippen LogP contribution in [0.3, 0.4) is 0 Å². The van der Waals surface area contributed by atoms with Crippen LogP contribution in [0.4, 0.5) is 5.69 Å². The van der Waals surface area contributed by atoms with Gasteiger partial charge < -0.3 is 5.32 Å². The minimum atomic E-state index is 0.0696. The third-order valence-electron chi connectivity index (χ3n) is 2.78. The van der Waals surface area contributed by atoms with E-state index in [4.69, 9.17) is 6.42 Å². The number of fused-ring (bicyclic) bond motifs is 1. The molecule has 2 rings (SSSR count). The number of rotatable bonds is 3. The molecule has 0 amide bonds. The number of anilines is 1. The molecule has 0 saturated heterocycles. The highest BCUT2D eigenvalue weighted by atomic mass is 14.9. The molecule has 0 radical (unpaired) electrons. The first-order valence-electron chi connectivity index (χ1n) is 5.83. The number of nitrogens with one attached hydrogen (secondary N) is 1. The Morgan fingerprint density at radius 3 is 2.88 bits per heavy atom. The Morgan fingerprint density at radius 2 is 2.18 bits per heavy atom. The zero-order valence-corrected chi connectivity index (χ0v) is 10.2. The molecule has 17 heavy (non-hydrogen) atoms. The summed E-state index contributed by atoms with van der Waals surface area (Å²) in [5.74, 6) is 2.75. The molecule has 0 bridgehead atoms. The van der Waals surface area contributed by atoms with Crippen molar-refractivity contribution in [2.24, 2.45) is 0 Å². The quantitative estimate of drug-likeness (QED) is 0.808. The van der Waals surface area contributed by atoms with Crippen molar-refractivity contribution in [1.29, 1.82) is 0 Å². The number of terminal acetylenes is 1. The van der Waals surface area contributed by atoms with Crippen LogP contribution in [0, 0.1) is 19.3 Å². The molecule has 1 heterocycles. The molecule has 1 atom stereocenters. The molecule has 2 nitrogen and oxygen atoms in total. The number of aryl methyl sites for hydroxylation is 1. The van der Waals surface area contributed by atoms with Gasteiger partial charge in [0.25, 0.3) is 0 Å². The summed E-state index contributed by atoms with van der Waals surface area (Å²) in [5.41, 5.74) is 3.07. The molecule has 1 aromatic heterocycles. The lowest BCUT2D eigenvalue weighted by Crippen LogP contribution is -2.16. The van der Waals surface area contributed by atoms with Crippen LogP contribution >= 0.6 is 0 Å². The van der Waals surface area contributed by atoms with Gasteiger partial charge in [-0.2, -0.15) is 0 Å². The molecule has 2 heteroatoms. The molecule has 0 aliphatic carbocycles. The van der Waals surface area contributed by atoms with Gasteiger partial charge in [0.15, 0.2) is 0 Å². The zero-order valence-electron chi connectivity index (χ0n) is 10.2. The number of nitrogens with zero attached hydrogens (tertiary/aromatic N) is 1. The molecule has 1 unspecified atom stereocenters. The van der Waals surface area contributed by atoms with E-state index < -0.39 is 0 Å². The van der Waals surface area contributed by atoms with Crippen LogP contribution in [0.25, 0.3) is 10.9 Å². The van der Waals surface area contributed by atoms with Crippen LogP contribution in [0.15, 0.2) is 30.3 Å². The largest absolute Gasteiger partial charge is 0.371 e. The average molecular weight is 224 g/mol. The van der Waals surface area contributed by atoms with Gasteiger partial charge in [-0.15, -0.1) is 6.42 Å². The molecule has 0 saturated carbocycles. The molecule has 0 aliphatic heterocycles. The first-order chi connectivity index (χ1) is 8.24. The van der Waals surface area contributed by atoms with Crippen LogP contribution in [0.2, 0.25) is 0 Å². The predicted molar refractivity (Wildman–Crippen MR) is 73.0 cm³/mol. The average Bonchev–Trinajstić information content (AvgIpc) is 2.35. The molecule has 0 spiro atoms. The smallest absolute Gasteiger partial charge is 0.0871 e. The maximum Gasteiger partial charge on any atom is 0.0871 e. The maximum absolute atomic E-state index is 5.49. The number of pyridine rings is 1. The Labute approximate surface area is 102 Å². The highest BCUT2D eigenvalue weighted by molar-refractivity contribution is 5.91. The third kappa shape index (κ3) is 2.39. The Balaban J connectivity index is 2.49. The third-order valence-corrected chi connectivity index (χ3v) is 2.78. The fraction of sp³-hybridized carbons (Fsp3) is 0.267. The van der Waals surface area contributed by atoms with Crippen molar-refractivity contribution in [1.82, 2.24) is 4.98 Å². The van der Waals surface area contributed by atoms with Gasteiger partial charge in [-0.1, -0.05) is 31.0 Å². The topological polar surface area (TPSA) is 24.9 Å². The van der Waals surface area contributed by atoms with E-state index in [0.717, 1.165) is 28.7 Å². The van der Waals surface area contributed by atoms with E-state index in [1.807, 2.05) is 31.2 Å². The van der Waals surface area contributed by atoms with Crippen molar-refractivity contribution in [2.45, 2.75) is 26.3 Å². The van der Waals surface area contributed by atoms with Gasteiger partial charge in [0.05, 0.1) is 11.6 Å². The van der Waals surface area contributed by atoms with Gasteiger partial charge in [0.1, 0.15) is 0 Å². The number of hydrogen-bond donors (Lipinski definition) is 1. The molecule has 0 aliphatic rings. The van der Waals surface area contributed by atoms with Crippen molar-refractivity contribution in [3.05, 3.63) is 36.0 Å². The second-order valence-electron chi connectivity index (χ2n) is 4.10. The van der Waals surface area contributed by atoms with Gasteiger partial charge in [-0.05, 0) is 25.5 Å². The number of benzene rings is 1. The van der Waals surface area contributed by atoms with Gasteiger partial charge >= 0.3 is 0 Å². The Morgan fingerprint density at radius 1 is 1.41 bits per heavy atom. The summed E-state index contributed by atoms with van der Waals surface area (Å²) in [5, 5.41) is 4.50. The fourth-order valence-corrected chi connectivity index (χ4v) is 1.88. The molecule has 1 N–H and O–H groups in total. The minimum Gasteiger partial charge on any atom is -0.371 e. The summed E-state index contributed by atoms with van der Waals surface area (Å²) >= 11 is 0. The standard InChI is InChI=1S/C15H16N2/c1-4-12(5-2)17-15-10-11(3)16-14-9-7-6-8-13(14)15/h1,6-10,12H,5H2,2-3H3,(H,16,17). The van der Waals surface area contributed by atoms with Crippen molar-refractivity contribution in [3.8, 4) is 12.3 Å². The van der Waals surface area contributed by atoms with Crippen molar-refractivity contribution in [2.75, 3.05) is 5.32 Å². The van der Waals surface area contributed by atoms with E-state index >= 15 is 0 Å². The van der Waals surface area contributed by atoms with Gasteiger partial charge in [-0.3, -0.25) is 4.98 Å². The normalized spacial score (nSPS) is 12.1. The van der Waals surface area contributed by atoms with Crippen LogP contribution in [-0.4, -0.2) is 11.0 Å². The SMILES string of the molecule is C#CC(CC)Nc1cc(C)nc2ccccc12. The molecule has 2 aromatic rings. The summed E-state index contributed by atoms with van der Waals surface area (Å²) < 4.78 is 0. The number of aromatic nitrogens is 1. The highest BCUT2D eigenvalue weighted by Gasteiger charge is 2.06. The summed E-state index contributed by atoms with van der Waals surface area (Å²) in [7, 11) is 0. The summed E-state index contributed by atoms with van der Waals surface area (Å²) in [4.78, 5) is 4.50. The summed E-state index contributed by atoms with van der Waals surface area (Å²) in [6.45, 7) is 4.07. The van der Waals surface area contributed by atoms with Gasteiger partial charge in [0, 0.05) is 16.8 Å². The lowest BCUT2D eigenvalue weighted by Gasteiger charge is -2.15.